The van der Waals surface area contributed by atoms with Crippen LogP contribution in [0.4, 0.5) is 11.6 Å². The Morgan fingerprint density at radius 3 is 2.88 bits per heavy atom. The maximum atomic E-state index is 4.65. The van der Waals surface area contributed by atoms with Crippen molar-refractivity contribution in [2.75, 3.05) is 23.8 Å². The van der Waals surface area contributed by atoms with E-state index in [4.69, 9.17) is 0 Å². The zero-order valence-corrected chi connectivity index (χ0v) is 11.0. The second kappa shape index (κ2) is 5.34. The normalized spacial score (nSPS) is 20.4. The monoisotopic (exact) mass is 234 g/mol. The SMILES string of the molecule is CCc1nc(NC)cc(N2CCCCC2C)n1. The van der Waals surface area contributed by atoms with E-state index in [2.05, 4.69) is 40.1 Å². The summed E-state index contributed by atoms with van der Waals surface area (Å²) in [4.78, 5) is 11.5. The van der Waals surface area contributed by atoms with E-state index in [0.717, 1.165) is 30.4 Å². The number of anilines is 2. The molecule has 0 aliphatic carbocycles. The van der Waals surface area contributed by atoms with Crippen LogP contribution < -0.4 is 10.2 Å². The van der Waals surface area contributed by atoms with Crippen molar-refractivity contribution in [1.29, 1.82) is 0 Å². The molecule has 1 fully saturated rings. The molecule has 0 bridgehead atoms. The van der Waals surface area contributed by atoms with E-state index in [9.17, 15) is 0 Å². The molecule has 1 aromatic heterocycles. The molecule has 1 aliphatic heterocycles. The van der Waals surface area contributed by atoms with Gasteiger partial charge in [0.2, 0.25) is 0 Å². The van der Waals surface area contributed by atoms with Crippen LogP contribution in [0.15, 0.2) is 6.07 Å². The number of hydrogen-bond acceptors (Lipinski definition) is 4. The molecule has 17 heavy (non-hydrogen) atoms. The Labute approximate surface area is 103 Å². The smallest absolute Gasteiger partial charge is 0.134 e. The van der Waals surface area contributed by atoms with E-state index in [1.807, 2.05) is 7.05 Å². The summed E-state index contributed by atoms with van der Waals surface area (Å²) in [5, 5.41) is 3.12. The van der Waals surface area contributed by atoms with Crippen LogP contribution in [0.1, 0.15) is 38.9 Å². The fourth-order valence-corrected chi connectivity index (χ4v) is 2.35. The van der Waals surface area contributed by atoms with Crippen LogP contribution in [0.2, 0.25) is 0 Å². The van der Waals surface area contributed by atoms with E-state index in [0.29, 0.717) is 6.04 Å². The summed E-state index contributed by atoms with van der Waals surface area (Å²) in [6.45, 7) is 5.49. The number of hydrogen-bond donors (Lipinski definition) is 1. The Kier molecular flexibility index (Phi) is 3.82. The van der Waals surface area contributed by atoms with Gasteiger partial charge in [-0.15, -0.1) is 0 Å². The van der Waals surface area contributed by atoms with Gasteiger partial charge in [0.1, 0.15) is 17.5 Å². The molecule has 0 amide bonds. The van der Waals surface area contributed by atoms with Crippen LogP contribution in [0, 0.1) is 0 Å². The van der Waals surface area contributed by atoms with Gasteiger partial charge in [0, 0.05) is 32.1 Å². The fourth-order valence-electron chi connectivity index (χ4n) is 2.35. The van der Waals surface area contributed by atoms with E-state index in [1.54, 1.807) is 0 Å². The predicted molar refractivity (Wildman–Crippen MR) is 71.6 cm³/mol. The first-order chi connectivity index (χ1) is 8.24. The van der Waals surface area contributed by atoms with Crippen LogP contribution in [-0.2, 0) is 6.42 Å². The van der Waals surface area contributed by atoms with Gasteiger partial charge < -0.3 is 10.2 Å². The van der Waals surface area contributed by atoms with Gasteiger partial charge in [-0.3, -0.25) is 0 Å². The van der Waals surface area contributed by atoms with Crippen molar-refractivity contribution in [1.82, 2.24) is 9.97 Å². The fraction of sp³-hybridized carbons (Fsp3) is 0.692. The molecule has 4 heteroatoms. The summed E-state index contributed by atoms with van der Waals surface area (Å²) in [7, 11) is 1.91. The zero-order chi connectivity index (χ0) is 12.3. The van der Waals surface area contributed by atoms with Gasteiger partial charge in [-0.2, -0.15) is 0 Å². The van der Waals surface area contributed by atoms with Crippen molar-refractivity contribution in [2.45, 2.75) is 45.6 Å². The molecule has 4 nitrogen and oxygen atoms in total. The van der Waals surface area contributed by atoms with Gasteiger partial charge in [-0.1, -0.05) is 6.92 Å². The minimum Gasteiger partial charge on any atom is -0.373 e. The Morgan fingerprint density at radius 1 is 1.41 bits per heavy atom. The minimum atomic E-state index is 0.591. The molecule has 1 aromatic rings. The Bertz CT molecular complexity index is 355. The quantitative estimate of drug-likeness (QED) is 0.872. The van der Waals surface area contributed by atoms with Gasteiger partial charge in [0.05, 0.1) is 0 Å². The number of nitrogens with one attached hydrogen (secondary N) is 1. The first kappa shape index (κ1) is 12.1. The standard InChI is InChI=1S/C13H22N4/c1-4-11-15-12(14-3)9-13(16-11)17-8-6-5-7-10(17)2/h9-10H,4-8H2,1-3H3,(H,14,15,16). The molecule has 94 valence electrons. The second-order valence-corrected chi connectivity index (χ2v) is 4.67. The number of aryl methyl sites for hydroxylation is 1. The van der Waals surface area contributed by atoms with Crippen molar-refractivity contribution >= 4 is 11.6 Å². The molecule has 1 saturated heterocycles. The van der Waals surface area contributed by atoms with Gasteiger partial charge >= 0.3 is 0 Å². The lowest BCUT2D eigenvalue weighted by atomic mass is 10.0. The molecule has 1 unspecified atom stereocenters. The summed E-state index contributed by atoms with van der Waals surface area (Å²) in [5.74, 6) is 2.92. The third-order valence-electron chi connectivity index (χ3n) is 3.43. The highest BCUT2D eigenvalue weighted by molar-refractivity contribution is 5.50. The third-order valence-corrected chi connectivity index (χ3v) is 3.43. The summed E-state index contributed by atoms with van der Waals surface area (Å²) in [6, 6.07) is 2.65. The largest absolute Gasteiger partial charge is 0.373 e. The van der Waals surface area contributed by atoms with Crippen LogP contribution in [0.5, 0.6) is 0 Å². The summed E-state index contributed by atoms with van der Waals surface area (Å²) >= 11 is 0. The molecule has 0 spiro atoms. The number of rotatable bonds is 3. The lowest BCUT2D eigenvalue weighted by Crippen LogP contribution is -2.38. The van der Waals surface area contributed by atoms with E-state index in [-0.39, 0.29) is 0 Å². The van der Waals surface area contributed by atoms with Gasteiger partial charge in [0.15, 0.2) is 0 Å². The lowest BCUT2D eigenvalue weighted by molar-refractivity contribution is 0.480. The second-order valence-electron chi connectivity index (χ2n) is 4.67. The summed E-state index contributed by atoms with van der Waals surface area (Å²) in [6.07, 6.45) is 4.75. The average molecular weight is 234 g/mol. The zero-order valence-electron chi connectivity index (χ0n) is 11.0. The molecular weight excluding hydrogens is 212 g/mol. The van der Waals surface area contributed by atoms with Crippen LogP contribution >= 0.6 is 0 Å². The number of piperidine rings is 1. The first-order valence-electron chi connectivity index (χ1n) is 6.57. The van der Waals surface area contributed by atoms with E-state index in [1.165, 1.54) is 19.3 Å². The van der Waals surface area contributed by atoms with Crippen LogP contribution in [-0.4, -0.2) is 29.6 Å². The summed E-state index contributed by atoms with van der Waals surface area (Å²) in [5.41, 5.74) is 0. The molecule has 0 saturated carbocycles. The van der Waals surface area contributed by atoms with Crippen LogP contribution in [0.3, 0.4) is 0 Å². The van der Waals surface area contributed by atoms with Crippen molar-refractivity contribution in [3.05, 3.63) is 11.9 Å². The van der Waals surface area contributed by atoms with Crippen molar-refractivity contribution < 1.29 is 0 Å². The minimum absolute atomic E-state index is 0.591. The first-order valence-corrected chi connectivity index (χ1v) is 6.57. The molecule has 1 aliphatic rings. The van der Waals surface area contributed by atoms with Crippen molar-refractivity contribution in [3.63, 3.8) is 0 Å². The lowest BCUT2D eigenvalue weighted by Gasteiger charge is -2.34. The Balaban J connectivity index is 2.29. The van der Waals surface area contributed by atoms with Gasteiger partial charge in [-0.05, 0) is 26.2 Å². The average Bonchev–Trinajstić information content (AvgIpc) is 2.38. The van der Waals surface area contributed by atoms with Crippen molar-refractivity contribution in [3.8, 4) is 0 Å². The number of aromatic nitrogens is 2. The molecular formula is C13H22N4. The van der Waals surface area contributed by atoms with E-state index >= 15 is 0 Å². The topological polar surface area (TPSA) is 41.1 Å². The molecule has 2 rings (SSSR count). The highest BCUT2D eigenvalue weighted by Gasteiger charge is 2.20. The highest BCUT2D eigenvalue weighted by atomic mass is 15.2. The highest BCUT2D eigenvalue weighted by Crippen LogP contribution is 2.24. The Morgan fingerprint density at radius 2 is 2.24 bits per heavy atom. The molecule has 1 N–H and O–H groups in total. The predicted octanol–water partition coefficient (Wildman–Crippen LogP) is 2.46. The molecule has 2 heterocycles. The van der Waals surface area contributed by atoms with Gasteiger partial charge in [-0.25, -0.2) is 9.97 Å². The third kappa shape index (κ3) is 2.68. The summed E-state index contributed by atoms with van der Waals surface area (Å²) < 4.78 is 0. The van der Waals surface area contributed by atoms with Crippen LogP contribution in [0.25, 0.3) is 0 Å². The maximum absolute atomic E-state index is 4.65. The maximum Gasteiger partial charge on any atom is 0.134 e. The molecule has 0 radical (unpaired) electrons. The molecule has 1 atom stereocenters. The van der Waals surface area contributed by atoms with E-state index < -0.39 is 0 Å². The Hall–Kier alpha value is -1.32. The van der Waals surface area contributed by atoms with Crippen molar-refractivity contribution in [2.24, 2.45) is 0 Å². The number of nitrogens with zero attached hydrogens (tertiary/aromatic N) is 3. The molecule has 0 aromatic carbocycles. The van der Waals surface area contributed by atoms with Gasteiger partial charge in [0.25, 0.3) is 0 Å².